The molecule has 1 aliphatic rings. The predicted octanol–water partition coefficient (Wildman–Crippen LogP) is 2.44. The van der Waals surface area contributed by atoms with Crippen LogP contribution in [-0.2, 0) is 30.7 Å². The highest BCUT2D eigenvalue weighted by molar-refractivity contribution is 5.76. The minimum Gasteiger partial charge on any atom is -0.349 e. The molecule has 1 amide bonds. The Morgan fingerprint density at radius 1 is 1.11 bits per heavy atom. The molecule has 7 heteroatoms. The first-order valence-electron chi connectivity index (χ1n) is 9.56. The third-order valence-corrected chi connectivity index (χ3v) is 4.93. The molecule has 0 spiro atoms. The monoisotopic (exact) mass is 364 g/mol. The molecule has 7 nitrogen and oxygen atoms in total. The average molecular weight is 364 g/mol. The van der Waals surface area contributed by atoms with Crippen LogP contribution >= 0.6 is 0 Å². The van der Waals surface area contributed by atoms with Crippen LogP contribution in [-0.4, -0.2) is 30.5 Å². The number of aromatic nitrogens is 5. The lowest BCUT2D eigenvalue weighted by Crippen LogP contribution is -2.25. The molecule has 3 heterocycles. The highest BCUT2D eigenvalue weighted by Gasteiger charge is 2.15. The van der Waals surface area contributed by atoms with Gasteiger partial charge in [0.1, 0.15) is 5.82 Å². The van der Waals surface area contributed by atoms with E-state index in [0.29, 0.717) is 19.4 Å². The van der Waals surface area contributed by atoms with Crippen molar-refractivity contribution >= 4 is 5.91 Å². The number of fused-ring (bicyclic) bond motifs is 1. The molecule has 1 aliphatic heterocycles. The van der Waals surface area contributed by atoms with E-state index < -0.39 is 0 Å². The molecule has 27 heavy (non-hydrogen) atoms. The van der Waals surface area contributed by atoms with Crippen molar-refractivity contribution in [2.45, 2.75) is 51.6 Å². The van der Waals surface area contributed by atoms with Gasteiger partial charge in [0, 0.05) is 25.6 Å². The van der Waals surface area contributed by atoms with Crippen molar-refractivity contribution < 1.29 is 4.79 Å². The minimum atomic E-state index is 0.0217. The van der Waals surface area contributed by atoms with Crippen LogP contribution in [0.15, 0.2) is 42.7 Å². The van der Waals surface area contributed by atoms with E-state index in [4.69, 9.17) is 0 Å². The van der Waals surface area contributed by atoms with E-state index in [1.165, 1.54) is 12.8 Å². The Kier molecular flexibility index (Phi) is 5.27. The van der Waals surface area contributed by atoms with Crippen molar-refractivity contribution in [3.63, 3.8) is 0 Å². The number of aryl methyl sites for hydroxylation is 2. The van der Waals surface area contributed by atoms with Crippen LogP contribution in [0.25, 0.3) is 5.69 Å². The topological polar surface area (TPSA) is 77.6 Å². The van der Waals surface area contributed by atoms with E-state index >= 15 is 0 Å². The summed E-state index contributed by atoms with van der Waals surface area (Å²) in [6.45, 7) is 1.39. The van der Waals surface area contributed by atoms with Crippen molar-refractivity contribution in [2.24, 2.45) is 0 Å². The second-order valence-electron chi connectivity index (χ2n) is 6.90. The Balaban J connectivity index is 1.28. The third kappa shape index (κ3) is 4.24. The lowest BCUT2D eigenvalue weighted by atomic mass is 10.2. The molecule has 3 aromatic rings. The van der Waals surface area contributed by atoms with E-state index in [2.05, 4.69) is 25.2 Å². The number of rotatable bonds is 6. The van der Waals surface area contributed by atoms with Gasteiger partial charge in [0.2, 0.25) is 5.91 Å². The first-order chi connectivity index (χ1) is 13.3. The van der Waals surface area contributed by atoms with Crippen molar-refractivity contribution in [3.8, 4) is 5.69 Å². The maximum absolute atomic E-state index is 12.2. The Morgan fingerprint density at radius 3 is 2.89 bits per heavy atom. The molecule has 0 saturated carbocycles. The van der Waals surface area contributed by atoms with Gasteiger partial charge in [0.15, 0.2) is 5.82 Å². The first-order valence-corrected chi connectivity index (χ1v) is 9.56. The number of hydrogen-bond donors (Lipinski definition) is 1. The smallest absolute Gasteiger partial charge is 0.220 e. The van der Waals surface area contributed by atoms with Crippen molar-refractivity contribution in [3.05, 3.63) is 59.9 Å². The molecule has 1 N–H and O–H groups in total. The van der Waals surface area contributed by atoms with Crippen LogP contribution in [0.1, 0.15) is 42.9 Å². The highest BCUT2D eigenvalue weighted by Crippen LogP contribution is 2.14. The van der Waals surface area contributed by atoms with Gasteiger partial charge in [-0.1, -0.05) is 24.6 Å². The van der Waals surface area contributed by atoms with E-state index in [9.17, 15) is 4.79 Å². The molecule has 0 aliphatic carbocycles. The van der Waals surface area contributed by atoms with Gasteiger partial charge in [-0.3, -0.25) is 4.79 Å². The second kappa shape index (κ2) is 8.16. The Morgan fingerprint density at radius 2 is 2.00 bits per heavy atom. The molecule has 0 fully saturated rings. The lowest BCUT2D eigenvalue weighted by Gasteiger charge is -2.08. The summed E-state index contributed by atoms with van der Waals surface area (Å²) < 4.78 is 4.00. The fourth-order valence-electron chi connectivity index (χ4n) is 3.41. The molecule has 0 unspecified atom stereocenters. The molecule has 0 saturated heterocycles. The zero-order chi connectivity index (χ0) is 18.5. The van der Waals surface area contributed by atoms with Crippen LogP contribution in [0.5, 0.6) is 0 Å². The fraction of sp³-hybridized carbons (Fsp3) is 0.400. The summed E-state index contributed by atoms with van der Waals surface area (Å²) in [5.41, 5.74) is 2.06. The second-order valence-corrected chi connectivity index (χ2v) is 6.90. The molecule has 0 radical (unpaired) electrons. The molecular formula is C20H24N6O. The number of nitrogens with one attached hydrogen (secondary N) is 1. The van der Waals surface area contributed by atoms with Crippen LogP contribution in [0, 0.1) is 0 Å². The maximum Gasteiger partial charge on any atom is 0.220 e. The molecule has 1 aromatic carbocycles. The van der Waals surface area contributed by atoms with Gasteiger partial charge >= 0.3 is 0 Å². The number of hydrogen-bond acceptors (Lipinski definition) is 4. The van der Waals surface area contributed by atoms with Crippen LogP contribution < -0.4 is 5.32 Å². The standard InChI is InChI=1S/C20H24N6O/c27-20(21-14-19-24-23-18-9-5-2-6-12-25(18)19)11-10-16-13-22-26(15-16)17-7-3-1-4-8-17/h1,3-4,7-8,13,15H,2,5-6,9-12,14H2,(H,21,27). The van der Waals surface area contributed by atoms with Gasteiger partial charge in [0.25, 0.3) is 0 Å². The van der Waals surface area contributed by atoms with Gasteiger partial charge in [-0.25, -0.2) is 4.68 Å². The highest BCUT2D eigenvalue weighted by atomic mass is 16.1. The average Bonchev–Trinajstić information content (AvgIpc) is 3.26. The Labute approximate surface area is 158 Å². The summed E-state index contributed by atoms with van der Waals surface area (Å²) in [5, 5.41) is 15.9. The number of benzene rings is 1. The number of amides is 1. The van der Waals surface area contributed by atoms with Crippen LogP contribution in [0.3, 0.4) is 0 Å². The summed E-state index contributed by atoms with van der Waals surface area (Å²) in [7, 11) is 0. The predicted molar refractivity (Wildman–Crippen MR) is 101 cm³/mol. The SMILES string of the molecule is O=C(CCc1cnn(-c2ccccc2)c1)NCc1nnc2n1CCCCC2. The quantitative estimate of drug-likeness (QED) is 0.729. The Bertz CT molecular complexity index is 898. The van der Waals surface area contributed by atoms with Crippen molar-refractivity contribution in [1.29, 1.82) is 0 Å². The van der Waals surface area contributed by atoms with Gasteiger partial charge < -0.3 is 9.88 Å². The van der Waals surface area contributed by atoms with Crippen molar-refractivity contribution in [1.82, 2.24) is 29.9 Å². The summed E-state index contributed by atoms with van der Waals surface area (Å²) >= 11 is 0. The van der Waals surface area contributed by atoms with E-state index in [0.717, 1.165) is 42.3 Å². The van der Waals surface area contributed by atoms with E-state index in [-0.39, 0.29) is 5.91 Å². The Hall–Kier alpha value is -2.96. The van der Waals surface area contributed by atoms with Crippen LogP contribution in [0.2, 0.25) is 0 Å². The van der Waals surface area contributed by atoms with Crippen molar-refractivity contribution in [2.75, 3.05) is 0 Å². The summed E-state index contributed by atoms with van der Waals surface area (Å²) in [6.07, 6.45) is 9.41. The number of carbonyl (C=O) groups excluding carboxylic acids is 1. The lowest BCUT2D eigenvalue weighted by molar-refractivity contribution is -0.121. The van der Waals surface area contributed by atoms with E-state index in [1.807, 2.05) is 47.4 Å². The molecule has 140 valence electrons. The molecule has 0 bridgehead atoms. The molecule has 2 aromatic heterocycles. The fourth-order valence-corrected chi connectivity index (χ4v) is 3.41. The van der Waals surface area contributed by atoms with Gasteiger partial charge in [-0.15, -0.1) is 10.2 Å². The number of nitrogens with zero attached hydrogens (tertiary/aromatic N) is 5. The largest absolute Gasteiger partial charge is 0.349 e. The number of carbonyl (C=O) groups is 1. The zero-order valence-electron chi connectivity index (χ0n) is 15.3. The number of para-hydroxylation sites is 1. The maximum atomic E-state index is 12.2. The summed E-state index contributed by atoms with van der Waals surface area (Å²) in [4.78, 5) is 12.2. The summed E-state index contributed by atoms with van der Waals surface area (Å²) in [6, 6.07) is 9.95. The summed E-state index contributed by atoms with van der Waals surface area (Å²) in [5.74, 6) is 1.93. The van der Waals surface area contributed by atoms with E-state index in [1.54, 1.807) is 0 Å². The van der Waals surface area contributed by atoms with Gasteiger partial charge in [-0.2, -0.15) is 5.10 Å². The van der Waals surface area contributed by atoms with Gasteiger partial charge in [-0.05, 0) is 37.0 Å². The normalized spacial score (nSPS) is 13.8. The molecule has 4 rings (SSSR count). The first kappa shape index (κ1) is 17.5. The van der Waals surface area contributed by atoms with Gasteiger partial charge in [0.05, 0.1) is 18.4 Å². The van der Waals surface area contributed by atoms with Crippen LogP contribution in [0.4, 0.5) is 0 Å². The molecular weight excluding hydrogens is 340 g/mol. The molecule has 0 atom stereocenters. The third-order valence-electron chi connectivity index (χ3n) is 4.93. The minimum absolute atomic E-state index is 0.0217. The zero-order valence-corrected chi connectivity index (χ0v) is 15.3.